The molecule has 10 aliphatic heterocycles. The van der Waals surface area contributed by atoms with Gasteiger partial charge in [-0.1, -0.05) is 204 Å². The van der Waals surface area contributed by atoms with Crippen LogP contribution in [0.25, 0.3) is 0 Å². The summed E-state index contributed by atoms with van der Waals surface area (Å²) >= 11 is 0. The van der Waals surface area contributed by atoms with E-state index in [1.165, 1.54) is 103 Å². The largest absolute Gasteiger partial charge is 0.381 e. The van der Waals surface area contributed by atoms with Crippen LogP contribution in [-0.2, 0) is 28.4 Å². The summed E-state index contributed by atoms with van der Waals surface area (Å²) in [5.74, 6) is 38.0. The van der Waals surface area contributed by atoms with E-state index < -0.39 is 0 Å². The Morgan fingerprint density at radius 1 is 0.174 bits per heavy atom. The Bertz CT molecular complexity index is 2420. The van der Waals surface area contributed by atoms with Crippen LogP contribution < -0.4 is 0 Å². The fourth-order valence-corrected chi connectivity index (χ4v) is 31.0. The minimum absolute atomic E-state index is 0.618. The van der Waals surface area contributed by atoms with Gasteiger partial charge in [0.2, 0.25) is 0 Å². The van der Waals surface area contributed by atoms with Crippen LogP contribution in [0.4, 0.5) is 0 Å². The van der Waals surface area contributed by atoms with Crippen molar-refractivity contribution in [3.63, 3.8) is 0 Å². The third-order valence-corrected chi connectivity index (χ3v) is 38.0. The van der Waals surface area contributed by atoms with Crippen molar-refractivity contribution in [2.24, 2.45) is 225 Å². The Hall–Kier alpha value is -0.240. The minimum Gasteiger partial charge on any atom is -0.381 e. The molecule has 0 radical (unpaired) electrons. The van der Waals surface area contributed by atoms with Crippen molar-refractivity contribution < 1.29 is 28.4 Å². The molecule has 668 valence electrons. The summed E-state index contributed by atoms with van der Waals surface area (Å²) < 4.78 is 33.5. The van der Waals surface area contributed by atoms with E-state index in [2.05, 4.69) is 152 Å². The molecule has 6 nitrogen and oxygen atoms in total. The topological polar surface area (TPSA) is 55.4 Å². The van der Waals surface area contributed by atoms with Gasteiger partial charge in [-0.2, -0.15) is 0 Å². The third-order valence-electron chi connectivity index (χ3n) is 38.0. The summed E-state index contributed by atoms with van der Waals surface area (Å²) in [6.07, 6.45) is 58.4. The lowest BCUT2D eigenvalue weighted by Gasteiger charge is -2.51. The van der Waals surface area contributed by atoms with Gasteiger partial charge in [0.05, 0.1) is 49.8 Å². The normalized spacial score (nSPS) is 44.4. The van der Waals surface area contributed by atoms with Crippen molar-refractivity contribution in [3.05, 3.63) is 0 Å². The average Bonchev–Trinajstić information content (AvgIpc) is 1.59. The first-order chi connectivity index (χ1) is 55.0. The molecule has 115 heavy (non-hydrogen) atoms. The zero-order valence-corrected chi connectivity index (χ0v) is 80.3. The quantitative estimate of drug-likeness (QED) is 0.205. The van der Waals surface area contributed by atoms with Crippen LogP contribution in [-0.4, -0.2) is 76.3 Å². The molecule has 10 saturated heterocycles. The molecule has 22 bridgehead atoms. The second-order valence-electron chi connectivity index (χ2n) is 49.3. The lowest BCUT2D eigenvalue weighted by Crippen LogP contribution is -2.49. The van der Waals surface area contributed by atoms with E-state index in [1.807, 2.05) is 0 Å². The second kappa shape index (κ2) is 44.3. The van der Waals surface area contributed by atoms with Crippen LogP contribution in [0.3, 0.4) is 0 Å². The Balaban J connectivity index is 0.000000117. The zero-order chi connectivity index (χ0) is 82.1. The molecule has 0 aromatic carbocycles. The zero-order valence-electron chi connectivity index (χ0n) is 80.3. The van der Waals surface area contributed by atoms with Gasteiger partial charge in [-0.25, -0.2) is 0 Å². The predicted octanol–water partition coefficient (Wildman–Crippen LogP) is 29.7. The van der Waals surface area contributed by atoms with Crippen molar-refractivity contribution in [3.8, 4) is 0 Å². The first-order valence-electron chi connectivity index (χ1n) is 52.7. The highest BCUT2D eigenvalue weighted by Gasteiger charge is 2.49. The maximum Gasteiger partial charge on any atom is 0.0606 e. The number of fused-ring (bicyclic) bond motifs is 24. The standard InChI is InChI=1S/2C11H20.3C10H18O.3C10H18.3C9H16O/c1-8(2)11-7-9-3-5-10(11)6-4-9;1-8(2)11-6-9-3-4-10(5-9)7-11;1-7(2)8-5-9-3-4-10(6-8)11-9;1-7(2)10-5-9-4-3-8(10)6-11-9;1-7(2)10-8-3-4-9(10)6-11-5-8;1-7(2)10-5-8-3-9(4-8)6-10;1-7(2)10-6-8-3-4-9(10)5-8;1-7(2)10-8-4-3-5-9(10)6-8;1-6(2)9-4-8-3-7(9)5-10-8;1-6(2)9-7-3-8(9)5-10-4-7;1-6(2)7-3-8-5-9(4-7)10-8/h2*8-11H,3-7H2,1-2H3;3*7-10H,3-6H2,1-2H3;3*7-10H,3-6H2,1-2H3;3*6-9H,3-5H2,1-2H3. The van der Waals surface area contributed by atoms with E-state index in [1.54, 1.807) is 135 Å². The first-order valence-corrected chi connectivity index (χ1v) is 52.7. The molecule has 0 aromatic rings. The smallest absolute Gasteiger partial charge is 0.0606 e. The molecule has 22 unspecified atom stereocenters. The summed E-state index contributed by atoms with van der Waals surface area (Å²) in [6, 6.07) is 0. The maximum atomic E-state index is 5.78. The van der Waals surface area contributed by atoms with Gasteiger partial charge >= 0.3 is 0 Å². The van der Waals surface area contributed by atoms with E-state index in [0.29, 0.717) is 36.6 Å². The van der Waals surface area contributed by atoms with E-state index in [-0.39, 0.29) is 0 Å². The molecule has 10 heterocycles. The molecular formula is C109H196O6. The van der Waals surface area contributed by atoms with Crippen molar-refractivity contribution in [2.75, 3.05) is 39.6 Å². The Labute approximate surface area is 715 Å². The third kappa shape index (κ3) is 25.8. The van der Waals surface area contributed by atoms with Crippen LogP contribution in [0.15, 0.2) is 0 Å². The molecule has 22 atom stereocenters. The van der Waals surface area contributed by atoms with Gasteiger partial charge in [-0.05, 0) is 411 Å². The van der Waals surface area contributed by atoms with Crippen molar-refractivity contribution in [1.29, 1.82) is 0 Å². The summed E-state index contributed by atoms with van der Waals surface area (Å²) in [5.41, 5.74) is 0. The van der Waals surface area contributed by atoms with Gasteiger partial charge < -0.3 is 28.4 Å². The molecule has 0 N–H and O–H groups in total. The molecule has 0 amide bonds. The summed E-state index contributed by atoms with van der Waals surface area (Å²) in [7, 11) is 0. The summed E-state index contributed by atoms with van der Waals surface area (Å²) in [4.78, 5) is 0. The molecule has 18 saturated carbocycles. The lowest BCUT2D eigenvalue weighted by molar-refractivity contribution is -0.178. The Morgan fingerprint density at radius 3 is 0.826 bits per heavy atom. The second-order valence-corrected chi connectivity index (χ2v) is 49.3. The van der Waals surface area contributed by atoms with Gasteiger partial charge in [0.1, 0.15) is 0 Å². The molecule has 0 spiro atoms. The summed E-state index contributed by atoms with van der Waals surface area (Å²) in [5, 5.41) is 0. The van der Waals surface area contributed by atoms with E-state index in [9.17, 15) is 0 Å². The highest BCUT2D eigenvalue weighted by molar-refractivity contribution is 4.99. The number of ether oxygens (including phenoxy) is 6. The van der Waals surface area contributed by atoms with Gasteiger partial charge in [0.15, 0.2) is 0 Å². The van der Waals surface area contributed by atoms with Crippen LogP contribution in [0.2, 0.25) is 0 Å². The first kappa shape index (κ1) is 93.9. The van der Waals surface area contributed by atoms with Crippen LogP contribution in [0, 0.1) is 225 Å². The molecule has 6 heteroatoms. The number of hydrogen-bond acceptors (Lipinski definition) is 6. The average molecular weight is 1600 g/mol. The Kier molecular flexibility index (Phi) is 36.1. The molecular weight excluding hydrogens is 1410 g/mol. The van der Waals surface area contributed by atoms with Crippen LogP contribution >= 0.6 is 0 Å². The summed E-state index contributed by atoms with van der Waals surface area (Å²) in [6.45, 7) is 58.4. The van der Waals surface area contributed by atoms with Gasteiger partial charge in [-0.15, -0.1) is 0 Å². The minimum atomic E-state index is 0.618. The maximum absolute atomic E-state index is 5.78. The fourth-order valence-electron chi connectivity index (χ4n) is 31.0. The van der Waals surface area contributed by atoms with Gasteiger partial charge in [-0.3, -0.25) is 0 Å². The molecule has 28 rings (SSSR count). The number of rotatable bonds is 11. The highest BCUT2D eigenvalue weighted by atomic mass is 16.5. The lowest BCUT2D eigenvalue weighted by atomic mass is 9.54. The van der Waals surface area contributed by atoms with Gasteiger partial charge in [0, 0.05) is 26.4 Å². The van der Waals surface area contributed by atoms with Crippen LogP contribution in [0.1, 0.15) is 390 Å². The monoisotopic (exact) mass is 1600 g/mol. The number of hydrogen-bond donors (Lipinski definition) is 0. The van der Waals surface area contributed by atoms with Gasteiger partial charge in [0.25, 0.3) is 0 Å². The molecule has 28 fully saturated rings. The van der Waals surface area contributed by atoms with E-state index in [4.69, 9.17) is 28.4 Å². The SMILES string of the molecule is CC(C)C1C2CCC1COC2.CC(C)C1C2CCCC1C2.CC(C)C1C2COCC1C2.CC(C)C1CC2CC(C1)O2.CC(C)C1CC2CC(C2)C1.CC(C)C1CC2CC1CO2.CC(C)C1CC2CCC(C1)O2.CC(C)C1CC2CCC(C2)C1.CC(C)C1CC2CCC1C2.CC(C)C1CC2CCC1CC2.CC(C)C1CC2CCC1CO2. The Morgan fingerprint density at radius 2 is 0.504 bits per heavy atom. The van der Waals surface area contributed by atoms with Crippen molar-refractivity contribution in [2.45, 2.75) is 427 Å². The highest BCUT2D eigenvalue weighted by Crippen LogP contribution is 2.57. The fraction of sp³-hybridized carbons (Fsp3) is 1.00. The molecule has 18 aliphatic carbocycles. The van der Waals surface area contributed by atoms with Crippen molar-refractivity contribution in [1.82, 2.24) is 0 Å². The van der Waals surface area contributed by atoms with E-state index in [0.717, 1.165) is 265 Å². The predicted molar refractivity (Wildman–Crippen MR) is 487 cm³/mol. The molecule has 0 aromatic heterocycles. The molecule has 28 aliphatic rings. The van der Waals surface area contributed by atoms with Crippen LogP contribution in [0.5, 0.6) is 0 Å². The van der Waals surface area contributed by atoms with Crippen molar-refractivity contribution >= 4 is 0 Å². The van der Waals surface area contributed by atoms with E-state index >= 15 is 0 Å².